The zero-order chi connectivity index (χ0) is 20.7. The minimum atomic E-state index is -2.01. The maximum absolute atomic E-state index is 3.65. The fraction of sp³-hybridized carbons (Fsp3) is 0.0370. The minimum Gasteiger partial charge on any atom is -0.347 e. The second-order valence-corrected chi connectivity index (χ2v) is 11.0. The molecule has 0 aliphatic heterocycles. The van der Waals surface area contributed by atoms with E-state index in [2.05, 4.69) is 133 Å². The van der Waals surface area contributed by atoms with Crippen molar-refractivity contribution in [2.75, 3.05) is 11.6 Å². The molecule has 4 rings (SSSR count). The Hall–Kier alpha value is -2.80. The molecular formula is C27H25NPS+. The van der Waals surface area contributed by atoms with Gasteiger partial charge in [-0.2, -0.15) is 0 Å². The third kappa shape index (κ3) is 4.36. The van der Waals surface area contributed by atoms with Crippen LogP contribution in [0.5, 0.6) is 0 Å². The summed E-state index contributed by atoms with van der Waals surface area (Å²) < 4.78 is 0. The lowest BCUT2D eigenvalue weighted by molar-refractivity contribution is 1.56. The van der Waals surface area contributed by atoms with Crippen LogP contribution in [0, 0.1) is 0 Å². The summed E-state index contributed by atoms with van der Waals surface area (Å²) >= 11 is 1.75. The van der Waals surface area contributed by atoms with E-state index >= 15 is 0 Å². The molecule has 0 saturated carbocycles. The van der Waals surface area contributed by atoms with Crippen LogP contribution in [0.4, 0.5) is 5.69 Å². The van der Waals surface area contributed by atoms with Crippen molar-refractivity contribution in [3.05, 3.63) is 132 Å². The summed E-state index contributed by atoms with van der Waals surface area (Å²) in [5.74, 6) is 2.48. The smallest absolute Gasteiger partial charge is 0.139 e. The van der Waals surface area contributed by atoms with E-state index < -0.39 is 7.26 Å². The SMILES string of the molecule is CS/C(=C/[P+](c1ccccc1)(c1ccccc1)c1ccccc1)Nc1ccccc1. The number of hydrogen-bond acceptors (Lipinski definition) is 2. The summed E-state index contributed by atoms with van der Waals surface area (Å²) in [6, 6.07) is 43.2. The summed E-state index contributed by atoms with van der Waals surface area (Å²) in [5, 5.41) is 8.86. The van der Waals surface area contributed by atoms with Crippen LogP contribution >= 0.6 is 19.0 Å². The minimum absolute atomic E-state index is 1.10. The molecule has 0 fully saturated rings. The lowest BCUT2D eigenvalue weighted by atomic mass is 10.3. The van der Waals surface area contributed by atoms with Crippen molar-refractivity contribution in [3.63, 3.8) is 0 Å². The van der Waals surface area contributed by atoms with Crippen molar-refractivity contribution in [1.82, 2.24) is 0 Å². The Kier molecular flexibility index (Phi) is 6.69. The highest BCUT2D eigenvalue weighted by molar-refractivity contribution is 8.04. The molecular weight excluding hydrogens is 401 g/mol. The fourth-order valence-corrected chi connectivity index (χ4v) is 8.44. The van der Waals surface area contributed by atoms with E-state index in [0.717, 1.165) is 10.7 Å². The maximum atomic E-state index is 3.65. The molecule has 0 spiro atoms. The summed E-state index contributed by atoms with van der Waals surface area (Å²) in [4.78, 5) is 0. The fourth-order valence-electron chi connectivity index (χ4n) is 3.64. The van der Waals surface area contributed by atoms with Gasteiger partial charge in [0.15, 0.2) is 0 Å². The Morgan fingerprint density at radius 1 is 0.600 bits per heavy atom. The molecule has 0 radical (unpaired) electrons. The molecule has 30 heavy (non-hydrogen) atoms. The first-order chi connectivity index (χ1) is 14.8. The monoisotopic (exact) mass is 426 g/mol. The van der Waals surface area contributed by atoms with Gasteiger partial charge in [-0.15, -0.1) is 11.8 Å². The Labute approximate surface area is 184 Å². The van der Waals surface area contributed by atoms with Crippen molar-refractivity contribution in [2.45, 2.75) is 0 Å². The van der Waals surface area contributed by atoms with Gasteiger partial charge in [-0.05, 0) is 54.8 Å². The highest BCUT2D eigenvalue weighted by Gasteiger charge is 2.44. The summed E-state index contributed by atoms with van der Waals surface area (Å²) in [6.45, 7) is 0. The van der Waals surface area contributed by atoms with Gasteiger partial charge in [-0.25, -0.2) is 0 Å². The number of rotatable bonds is 7. The predicted molar refractivity (Wildman–Crippen MR) is 137 cm³/mol. The first kappa shape index (κ1) is 20.5. The molecule has 148 valence electrons. The Balaban J connectivity index is 1.97. The zero-order valence-electron chi connectivity index (χ0n) is 17.0. The summed E-state index contributed by atoms with van der Waals surface area (Å²) in [7, 11) is -2.01. The molecule has 0 heterocycles. The lowest BCUT2D eigenvalue weighted by Gasteiger charge is -2.25. The second-order valence-electron chi connectivity index (χ2n) is 6.92. The summed E-state index contributed by atoms with van der Waals surface area (Å²) in [5.41, 5.74) is 1.10. The van der Waals surface area contributed by atoms with Gasteiger partial charge in [0.25, 0.3) is 0 Å². The van der Waals surface area contributed by atoms with Crippen LogP contribution in [0.15, 0.2) is 132 Å². The third-order valence-corrected chi connectivity index (χ3v) is 9.88. The molecule has 3 heteroatoms. The van der Waals surface area contributed by atoms with Crippen molar-refractivity contribution in [1.29, 1.82) is 0 Å². The highest BCUT2D eigenvalue weighted by atomic mass is 32.2. The van der Waals surface area contributed by atoms with Gasteiger partial charge in [0.1, 0.15) is 34.0 Å². The maximum Gasteiger partial charge on any atom is 0.139 e. The third-order valence-electron chi connectivity index (χ3n) is 5.06. The predicted octanol–water partition coefficient (Wildman–Crippen LogP) is 6.25. The number of para-hydroxylation sites is 1. The standard InChI is InChI=1S/C27H25NPS/c1-30-27(28-23-14-6-2-7-15-23)22-29(24-16-8-3-9-17-24,25-18-10-4-11-19-25)26-20-12-5-13-21-26/h2-22,28H,1H3/q+1/b27-22+. The van der Waals surface area contributed by atoms with Crippen LogP contribution in [0.25, 0.3) is 0 Å². The van der Waals surface area contributed by atoms with Crippen molar-refractivity contribution in [2.24, 2.45) is 0 Å². The molecule has 0 aliphatic rings. The van der Waals surface area contributed by atoms with E-state index in [1.807, 2.05) is 6.07 Å². The summed E-state index contributed by atoms with van der Waals surface area (Å²) in [6.07, 6.45) is 2.14. The van der Waals surface area contributed by atoms with Crippen LogP contribution in [0.3, 0.4) is 0 Å². The van der Waals surface area contributed by atoms with Crippen LogP contribution in [-0.4, -0.2) is 6.26 Å². The van der Waals surface area contributed by atoms with E-state index in [0.29, 0.717) is 0 Å². The number of benzene rings is 4. The Morgan fingerprint density at radius 2 is 0.967 bits per heavy atom. The molecule has 0 amide bonds. The number of anilines is 1. The number of nitrogens with one attached hydrogen (secondary N) is 1. The normalized spacial score (nSPS) is 11.8. The average Bonchev–Trinajstić information content (AvgIpc) is 2.84. The van der Waals surface area contributed by atoms with Gasteiger partial charge < -0.3 is 5.32 Å². The molecule has 0 atom stereocenters. The van der Waals surface area contributed by atoms with E-state index in [1.165, 1.54) is 15.9 Å². The van der Waals surface area contributed by atoms with Gasteiger partial charge in [0, 0.05) is 5.69 Å². The van der Waals surface area contributed by atoms with Gasteiger partial charge in [-0.1, -0.05) is 72.8 Å². The molecule has 0 aromatic heterocycles. The molecule has 0 unspecified atom stereocenters. The van der Waals surface area contributed by atoms with Gasteiger partial charge in [0.05, 0.1) is 0 Å². The molecule has 0 aliphatic carbocycles. The first-order valence-electron chi connectivity index (χ1n) is 9.97. The number of hydrogen-bond donors (Lipinski definition) is 1. The zero-order valence-corrected chi connectivity index (χ0v) is 18.7. The van der Waals surface area contributed by atoms with Crippen molar-refractivity contribution < 1.29 is 0 Å². The topological polar surface area (TPSA) is 12.0 Å². The van der Waals surface area contributed by atoms with Crippen LogP contribution in [-0.2, 0) is 0 Å². The Morgan fingerprint density at radius 3 is 1.33 bits per heavy atom. The molecule has 4 aromatic rings. The van der Waals surface area contributed by atoms with Gasteiger partial charge in [0.2, 0.25) is 0 Å². The van der Waals surface area contributed by atoms with E-state index in [4.69, 9.17) is 0 Å². The molecule has 1 nitrogen and oxygen atoms in total. The van der Waals surface area contributed by atoms with Crippen LogP contribution in [0.2, 0.25) is 0 Å². The quantitative estimate of drug-likeness (QED) is 0.350. The molecule has 0 bridgehead atoms. The molecule has 4 aromatic carbocycles. The van der Waals surface area contributed by atoms with E-state index in [1.54, 1.807) is 11.8 Å². The highest BCUT2D eigenvalue weighted by Crippen LogP contribution is 2.58. The molecule has 0 saturated heterocycles. The van der Waals surface area contributed by atoms with Crippen LogP contribution < -0.4 is 21.2 Å². The van der Waals surface area contributed by atoms with Gasteiger partial charge >= 0.3 is 0 Å². The first-order valence-corrected chi connectivity index (χ1v) is 13.1. The Bertz CT molecular complexity index is 984. The van der Waals surface area contributed by atoms with Gasteiger partial charge in [-0.3, -0.25) is 0 Å². The van der Waals surface area contributed by atoms with Crippen molar-refractivity contribution >= 4 is 40.6 Å². The second kappa shape index (κ2) is 9.80. The number of thioether (sulfide) groups is 1. The lowest BCUT2D eigenvalue weighted by Crippen LogP contribution is -2.30. The van der Waals surface area contributed by atoms with E-state index in [-0.39, 0.29) is 0 Å². The van der Waals surface area contributed by atoms with Crippen molar-refractivity contribution in [3.8, 4) is 0 Å². The van der Waals surface area contributed by atoms with Crippen LogP contribution in [0.1, 0.15) is 0 Å². The van der Waals surface area contributed by atoms with E-state index in [9.17, 15) is 0 Å². The molecule has 1 N–H and O–H groups in total. The largest absolute Gasteiger partial charge is 0.347 e. The average molecular weight is 427 g/mol.